The molecule has 1 aliphatic carbocycles. The van der Waals surface area contributed by atoms with Crippen LogP contribution in [0.1, 0.15) is 41.3 Å². The molecule has 2 aliphatic rings. The highest BCUT2D eigenvalue weighted by atomic mass is 32.1. The molecule has 6 heteroatoms. The fourth-order valence-corrected chi connectivity index (χ4v) is 4.33. The molecule has 2 heterocycles. The molecule has 1 fully saturated rings. The monoisotopic (exact) mass is 323 g/mol. The minimum absolute atomic E-state index is 0.0688. The molecule has 0 aromatic carbocycles. The van der Waals surface area contributed by atoms with Gasteiger partial charge in [-0.15, -0.1) is 11.3 Å². The predicted octanol–water partition coefficient (Wildman–Crippen LogP) is 1.75. The Hall–Kier alpha value is -0.980. The number of fused-ring (bicyclic) bond motifs is 1. The van der Waals surface area contributed by atoms with Crippen molar-refractivity contribution in [3.63, 3.8) is 0 Å². The van der Waals surface area contributed by atoms with Crippen molar-refractivity contribution < 1.29 is 9.53 Å². The highest BCUT2D eigenvalue weighted by Crippen LogP contribution is 2.27. The highest BCUT2D eigenvalue weighted by molar-refractivity contribution is 7.11. The van der Waals surface area contributed by atoms with Crippen molar-refractivity contribution >= 4 is 17.2 Å². The maximum absolute atomic E-state index is 12.0. The molecule has 0 saturated carbocycles. The number of nitrogens with one attached hydrogen (secondary N) is 1. The molecule has 1 aromatic heterocycles. The maximum atomic E-state index is 12.0. The number of carbonyl (C=O) groups is 1. The fraction of sp³-hybridized carbons (Fsp3) is 0.750. The topological polar surface area (TPSA) is 54.5 Å². The summed E-state index contributed by atoms with van der Waals surface area (Å²) in [5.41, 5.74) is 1.29. The minimum Gasteiger partial charge on any atom is -0.376 e. The molecule has 1 aromatic rings. The van der Waals surface area contributed by atoms with Gasteiger partial charge < -0.3 is 10.1 Å². The molecule has 0 spiro atoms. The van der Waals surface area contributed by atoms with Crippen molar-refractivity contribution in [2.45, 2.75) is 51.2 Å². The number of amides is 1. The Morgan fingerprint density at radius 1 is 1.41 bits per heavy atom. The van der Waals surface area contributed by atoms with Gasteiger partial charge in [-0.2, -0.15) is 0 Å². The number of hydrogen-bond donors (Lipinski definition) is 1. The molecule has 1 atom stereocenters. The van der Waals surface area contributed by atoms with E-state index in [1.807, 2.05) is 23.3 Å². The lowest BCUT2D eigenvalue weighted by molar-refractivity contribution is -0.122. The van der Waals surface area contributed by atoms with E-state index in [2.05, 4.69) is 5.32 Å². The molecule has 3 rings (SSSR count). The summed E-state index contributed by atoms with van der Waals surface area (Å²) in [6, 6.07) is 0. The van der Waals surface area contributed by atoms with Crippen LogP contribution in [0.25, 0.3) is 0 Å². The van der Waals surface area contributed by atoms with Gasteiger partial charge in [0.2, 0.25) is 5.91 Å². The van der Waals surface area contributed by atoms with E-state index in [-0.39, 0.29) is 12.0 Å². The summed E-state index contributed by atoms with van der Waals surface area (Å²) < 4.78 is 5.51. The van der Waals surface area contributed by atoms with Crippen LogP contribution in [0.4, 0.5) is 0 Å². The lowest BCUT2D eigenvalue weighted by Crippen LogP contribution is -2.38. The van der Waals surface area contributed by atoms with Gasteiger partial charge in [0.25, 0.3) is 0 Å². The zero-order valence-electron chi connectivity index (χ0n) is 13.3. The Morgan fingerprint density at radius 3 is 3.05 bits per heavy atom. The average molecular weight is 323 g/mol. The fourth-order valence-electron chi connectivity index (χ4n) is 3.09. The van der Waals surface area contributed by atoms with Crippen molar-refractivity contribution in [1.29, 1.82) is 0 Å². The summed E-state index contributed by atoms with van der Waals surface area (Å²) in [4.78, 5) is 20.2. The molecule has 122 valence electrons. The normalized spacial score (nSPS) is 21.1. The zero-order chi connectivity index (χ0) is 15.4. The molecule has 22 heavy (non-hydrogen) atoms. The first-order valence-corrected chi connectivity index (χ1v) is 9.06. The first-order chi connectivity index (χ1) is 10.7. The van der Waals surface area contributed by atoms with Crippen LogP contribution in [-0.2, 0) is 28.9 Å². The van der Waals surface area contributed by atoms with Crippen LogP contribution < -0.4 is 5.32 Å². The number of aryl methyl sites for hydroxylation is 2. The van der Waals surface area contributed by atoms with E-state index in [0.717, 1.165) is 37.4 Å². The molecule has 0 bridgehead atoms. The van der Waals surface area contributed by atoms with E-state index < -0.39 is 0 Å². The average Bonchev–Trinajstić information content (AvgIpc) is 3.13. The Morgan fingerprint density at radius 2 is 2.27 bits per heavy atom. The van der Waals surface area contributed by atoms with Crippen LogP contribution >= 0.6 is 11.3 Å². The van der Waals surface area contributed by atoms with Crippen molar-refractivity contribution in [3.05, 3.63) is 15.6 Å². The second-order valence-corrected chi connectivity index (χ2v) is 7.46. The molecule has 1 N–H and O–H groups in total. The Bertz CT molecular complexity index is 488. The van der Waals surface area contributed by atoms with Gasteiger partial charge in [0, 0.05) is 18.0 Å². The molecule has 0 unspecified atom stereocenters. The SMILES string of the molecule is CN(CC(=O)NC[C@H]1CCCO1)Cc1nc2c(s1)CCCC2. The number of thiazole rings is 1. The molecule has 1 aliphatic heterocycles. The summed E-state index contributed by atoms with van der Waals surface area (Å²) in [5.74, 6) is 0.0688. The number of carbonyl (C=O) groups excluding carboxylic acids is 1. The van der Waals surface area contributed by atoms with Crippen molar-refractivity contribution in [2.75, 3.05) is 26.7 Å². The van der Waals surface area contributed by atoms with E-state index in [4.69, 9.17) is 9.72 Å². The van der Waals surface area contributed by atoms with Gasteiger partial charge in [-0.05, 0) is 45.6 Å². The summed E-state index contributed by atoms with van der Waals surface area (Å²) >= 11 is 1.82. The van der Waals surface area contributed by atoms with Gasteiger partial charge in [0.1, 0.15) is 5.01 Å². The number of likely N-dealkylation sites (N-methyl/N-ethyl adjacent to an activating group) is 1. The quantitative estimate of drug-likeness (QED) is 0.866. The van der Waals surface area contributed by atoms with Crippen LogP contribution in [0.2, 0.25) is 0 Å². The third-order valence-electron chi connectivity index (χ3n) is 4.26. The van der Waals surface area contributed by atoms with Crippen LogP contribution in [0.5, 0.6) is 0 Å². The summed E-state index contributed by atoms with van der Waals surface area (Å²) in [7, 11) is 1.98. The van der Waals surface area contributed by atoms with Crippen molar-refractivity contribution in [2.24, 2.45) is 0 Å². The maximum Gasteiger partial charge on any atom is 0.234 e. The van der Waals surface area contributed by atoms with Crippen molar-refractivity contribution in [3.8, 4) is 0 Å². The van der Waals surface area contributed by atoms with E-state index >= 15 is 0 Å². The van der Waals surface area contributed by atoms with Crippen LogP contribution in [0.15, 0.2) is 0 Å². The molecule has 5 nitrogen and oxygen atoms in total. The summed E-state index contributed by atoms with van der Waals surface area (Å²) in [6.45, 7) is 2.63. The number of rotatable bonds is 6. The second-order valence-electron chi connectivity index (χ2n) is 6.30. The first kappa shape index (κ1) is 15.9. The van der Waals surface area contributed by atoms with E-state index in [9.17, 15) is 4.79 Å². The Balaban J connectivity index is 1.42. The Labute approximate surface area is 136 Å². The minimum atomic E-state index is 0.0688. The molecule has 1 amide bonds. The molecule has 0 radical (unpaired) electrons. The van der Waals surface area contributed by atoms with E-state index in [1.165, 1.54) is 29.8 Å². The molecule has 1 saturated heterocycles. The zero-order valence-corrected chi connectivity index (χ0v) is 14.1. The lowest BCUT2D eigenvalue weighted by atomic mass is 10.0. The number of ether oxygens (including phenoxy) is 1. The third-order valence-corrected chi connectivity index (χ3v) is 5.40. The smallest absolute Gasteiger partial charge is 0.234 e. The first-order valence-electron chi connectivity index (χ1n) is 8.25. The highest BCUT2D eigenvalue weighted by Gasteiger charge is 2.18. The van der Waals surface area contributed by atoms with Crippen LogP contribution in [0.3, 0.4) is 0 Å². The molecular formula is C16H25N3O2S. The van der Waals surface area contributed by atoms with E-state index in [1.54, 1.807) is 0 Å². The van der Waals surface area contributed by atoms with Crippen molar-refractivity contribution in [1.82, 2.24) is 15.2 Å². The number of nitrogens with zero attached hydrogens (tertiary/aromatic N) is 2. The van der Waals surface area contributed by atoms with Gasteiger partial charge >= 0.3 is 0 Å². The lowest BCUT2D eigenvalue weighted by Gasteiger charge is -2.16. The van der Waals surface area contributed by atoms with Gasteiger partial charge in [0.15, 0.2) is 0 Å². The number of hydrogen-bond acceptors (Lipinski definition) is 5. The third kappa shape index (κ3) is 4.27. The van der Waals surface area contributed by atoms with Crippen LogP contribution in [0, 0.1) is 0 Å². The van der Waals surface area contributed by atoms with Crippen LogP contribution in [-0.4, -0.2) is 48.6 Å². The van der Waals surface area contributed by atoms with Gasteiger partial charge in [-0.3, -0.25) is 9.69 Å². The predicted molar refractivity (Wildman–Crippen MR) is 87.1 cm³/mol. The van der Waals surface area contributed by atoms with Gasteiger partial charge in [-0.1, -0.05) is 0 Å². The number of aromatic nitrogens is 1. The summed E-state index contributed by atoms with van der Waals surface area (Å²) in [6.07, 6.45) is 7.22. The second kappa shape index (κ2) is 7.53. The summed E-state index contributed by atoms with van der Waals surface area (Å²) in [5, 5.41) is 4.11. The van der Waals surface area contributed by atoms with Gasteiger partial charge in [0.05, 0.1) is 24.9 Å². The Kier molecular flexibility index (Phi) is 5.44. The van der Waals surface area contributed by atoms with E-state index in [0.29, 0.717) is 13.1 Å². The molecular weight excluding hydrogens is 298 g/mol. The largest absolute Gasteiger partial charge is 0.376 e. The van der Waals surface area contributed by atoms with Gasteiger partial charge in [-0.25, -0.2) is 4.98 Å². The standard InChI is InChI=1S/C16H25N3O2S/c1-19(10-15(20)17-9-12-5-4-8-21-12)11-16-18-13-6-2-3-7-14(13)22-16/h12H,2-11H2,1H3,(H,17,20)/t12-/m1/s1.